The second-order valence-electron chi connectivity index (χ2n) is 26.5. The molecule has 4 aliphatic heterocycles. The third-order valence-corrected chi connectivity index (χ3v) is 18.5. The quantitative estimate of drug-likeness (QED) is 0.0198. The van der Waals surface area contributed by atoms with Gasteiger partial charge in [-0.05, 0) is 64.6 Å². The van der Waals surface area contributed by atoms with Crippen LogP contribution in [0.4, 0.5) is 0 Å². The summed E-state index contributed by atoms with van der Waals surface area (Å²) < 4.78 is 123. The lowest BCUT2D eigenvalue weighted by Gasteiger charge is -2.51. The van der Waals surface area contributed by atoms with Crippen molar-refractivity contribution in [3.05, 3.63) is 251 Å². The molecule has 4 aliphatic rings. The van der Waals surface area contributed by atoms with Crippen LogP contribution >= 0.6 is 0 Å². The van der Waals surface area contributed by atoms with E-state index in [1.165, 1.54) is 20.8 Å². The van der Waals surface area contributed by atoms with Gasteiger partial charge in [-0.1, -0.05) is 232 Å². The third-order valence-electron chi connectivity index (χ3n) is 18.5. The molecule has 21 nitrogen and oxygen atoms in total. The largest absolute Gasteiger partial charge is 0.463 e. The molecule has 0 bridgehead atoms. The van der Waals surface area contributed by atoms with Gasteiger partial charge in [0.05, 0.1) is 59.5 Å². The minimum absolute atomic E-state index is 0.000447. The van der Waals surface area contributed by atoms with Crippen molar-refractivity contribution in [2.75, 3.05) is 39.6 Å². The lowest BCUT2D eigenvalue weighted by Crippen LogP contribution is -2.68. The molecule has 0 radical (unpaired) electrons. The molecule has 7 aromatic carbocycles. The molecule has 562 valence electrons. The summed E-state index contributed by atoms with van der Waals surface area (Å²) in [6.07, 6.45) is -11.4. The fraction of sp³-hybridized carbons (Fsp3) is 0.464. The summed E-state index contributed by atoms with van der Waals surface area (Å²) in [7, 11) is 0. The Morgan fingerprint density at radius 2 is 0.571 bits per heavy atom. The maximum Gasteiger partial charge on any atom is 0.302 e. The number of esters is 3. The summed E-state index contributed by atoms with van der Waals surface area (Å²) in [4.78, 5) is 39.5. The van der Waals surface area contributed by atoms with E-state index in [0.29, 0.717) is 13.0 Å². The Balaban J connectivity index is 0.991. The van der Waals surface area contributed by atoms with Crippen LogP contribution in [0.15, 0.2) is 212 Å². The highest BCUT2D eigenvalue weighted by molar-refractivity contribution is 5.66. The van der Waals surface area contributed by atoms with Gasteiger partial charge in [0.25, 0.3) is 0 Å². The minimum atomic E-state index is -1.47. The van der Waals surface area contributed by atoms with E-state index in [2.05, 4.69) is 0 Å². The van der Waals surface area contributed by atoms with Gasteiger partial charge < -0.3 is 85.3 Å². The van der Waals surface area contributed by atoms with Crippen molar-refractivity contribution in [2.24, 2.45) is 0 Å². The van der Waals surface area contributed by atoms with Gasteiger partial charge in [0.15, 0.2) is 25.2 Å². The second kappa shape index (κ2) is 42.6. The van der Waals surface area contributed by atoms with Crippen LogP contribution in [0.3, 0.4) is 0 Å². The van der Waals surface area contributed by atoms with Crippen LogP contribution in [0.25, 0.3) is 0 Å². The fourth-order valence-electron chi connectivity index (χ4n) is 13.1. The fourth-order valence-corrected chi connectivity index (χ4v) is 13.1. The molecule has 0 N–H and O–H groups in total. The zero-order chi connectivity index (χ0) is 72.6. The summed E-state index contributed by atoms with van der Waals surface area (Å²) in [6.45, 7) is 5.17. The van der Waals surface area contributed by atoms with Crippen molar-refractivity contribution in [3.63, 3.8) is 0 Å². The Kier molecular flexibility index (Phi) is 31.8. The lowest BCUT2D eigenvalue weighted by molar-refractivity contribution is -0.394. The first-order chi connectivity index (χ1) is 51.6. The summed E-state index contributed by atoms with van der Waals surface area (Å²) in [5.74, 6) is -1.74. The van der Waals surface area contributed by atoms with E-state index in [-0.39, 0.29) is 65.8 Å². The molecule has 7 aromatic rings. The number of benzene rings is 7. The first-order valence-corrected chi connectivity index (χ1v) is 36.7. The lowest BCUT2D eigenvalue weighted by atomic mass is 9.95. The number of ether oxygens (including phenoxy) is 18. The van der Waals surface area contributed by atoms with E-state index in [9.17, 15) is 14.4 Å². The van der Waals surface area contributed by atoms with E-state index in [1.54, 1.807) is 0 Å². The van der Waals surface area contributed by atoms with Gasteiger partial charge in [-0.3, -0.25) is 14.4 Å². The van der Waals surface area contributed by atoms with Gasteiger partial charge in [-0.15, -0.1) is 0 Å². The molecule has 0 aliphatic carbocycles. The van der Waals surface area contributed by atoms with E-state index in [1.807, 2.05) is 212 Å². The number of hydrogen-bond acceptors (Lipinski definition) is 21. The summed E-state index contributed by atoms with van der Waals surface area (Å²) >= 11 is 0. The Morgan fingerprint density at radius 1 is 0.305 bits per heavy atom. The predicted molar refractivity (Wildman–Crippen MR) is 385 cm³/mol. The Bertz CT molecular complexity index is 3560. The molecule has 11 rings (SSSR count). The first kappa shape index (κ1) is 78.4. The molecule has 4 fully saturated rings. The molecule has 0 amide bonds. The number of carbonyl (C=O) groups excluding carboxylic acids is 3. The van der Waals surface area contributed by atoms with Gasteiger partial charge in [-0.2, -0.15) is 0 Å². The predicted octanol–water partition coefficient (Wildman–Crippen LogP) is 12.8. The number of hydrogen-bond donors (Lipinski definition) is 0. The maximum atomic E-state index is 13.4. The van der Waals surface area contributed by atoms with Crippen LogP contribution < -0.4 is 0 Å². The molecule has 0 aromatic heterocycles. The highest BCUT2D eigenvalue weighted by Gasteiger charge is 2.58. The molecule has 15 atom stereocenters. The van der Waals surface area contributed by atoms with Crippen LogP contribution in [0.1, 0.15) is 105 Å². The van der Waals surface area contributed by atoms with Gasteiger partial charge in [0.1, 0.15) is 93.1 Å². The first-order valence-electron chi connectivity index (χ1n) is 36.7. The van der Waals surface area contributed by atoms with Gasteiger partial charge >= 0.3 is 17.9 Å². The Morgan fingerprint density at radius 3 is 0.905 bits per heavy atom. The van der Waals surface area contributed by atoms with E-state index in [0.717, 1.165) is 90.7 Å². The van der Waals surface area contributed by atoms with Crippen LogP contribution in [0, 0.1) is 0 Å². The minimum Gasteiger partial charge on any atom is -0.463 e. The monoisotopic (exact) mass is 1440 g/mol. The Labute approximate surface area is 616 Å². The van der Waals surface area contributed by atoms with Crippen LogP contribution in [-0.2, 0) is 146 Å². The van der Waals surface area contributed by atoms with Crippen molar-refractivity contribution in [1.29, 1.82) is 0 Å². The molecule has 4 heterocycles. The molecule has 105 heavy (non-hydrogen) atoms. The highest BCUT2D eigenvalue weighted by atomic mass is 16.8. The SMILES string of the molecule is CC(=O)OC[C@H]1O[C@H](O[C@@H]2[C@H](OCc3ccccc3)[C@@H](OCc3ccccc3)[C@@H](O[C@@H]3[C@H](OCc4ccccc4)[C@@H](OCc4ccccc4)[C@@H](OCCCCCCCC4OCCCO4)O[C@@H]3COC(C)=O)O[C@@H]2COC(C)=O)[C@H](OCc2ccccc2)[C@@H](OCc2ccccc2)[C@H]1OCc1ccccc1. The average molecular weight is 1450 g/mol. The zero-order valence-electron chi connectivity index (χ0n) is 60.2. The van der Waals surface area contributed by atoms with Crippen molar-refractivity contribution in [2.45, 2.75) is 210 Å². The molecular formula is C84H100O21. The van der Waals surface area contributed by atoms with Crippen molar-refractivity contribution >= 4 is 17.9 Å². The van der Waals surface area contributed by atoms with Crippen molar-refractivity contribution < 1.29 is 99.6 Å². The van der Waals surface area contributed by atoms with Gasteiger partial charge in [0.2, 0.25) is 0 Å². The summed E-state index contributed by atoms with van der Waals surface area (Å²) in [6, 6.07) is 67.8. The molecular weight excluding hydrogens is 1340 g/mol. The maximum absolute atomic E-state index is 13.4. The third kappa shape index (κ3) is 25.0. The van der Waals surface area contributed by atoms with Crippen LogP contribution in [0.2, 0.25) is 0 Å². The van der Waals surface area contributed by atoms with Crippen molar-refractivity contribution in [3.8, 4) is 0 Å². The Hall–Kier alpha value is -7.65. The molecule has 0 spiro atoms. The molecule has 0 unspecified atom stereocenters. The topological polar surface area (TPSA) is 217 Å². The summed E-state index contributed by atoms with van der Waals surface area (Å²) in [5, 5.41) is 0. The number of rotatable bonds is 40. The summed E-state index contributed by atoms with van der Waals surface area (Å²) in [5.41, 5.74) is 5.89. The second-order valence-corrected chi connectivity index (χ2v) is 26.5. The highest BCUT2D eigenvalue weighted by Crippen LogP contribution is 2.40. The molecule has 4 saturated heterocycles. The van der Waals surface area contributed by atoms with Gasteiger partial charge in [-0.25, -0.2) is 0 Å². The molecule has 21 heteroatoms. The molecule has 0 saturated carbocycles. The standard InChI is InChI=1S/C84H100O21/c1-59(85)91-56-69-73(94-49-62-31-14-7-15-32-62)76(95-50-63-33-16-8-17-34-63)80(99-54-67-41-24-12-25-42-67)83(102-69)105-75-71(58-93-61(3)87)103-84(81(100-55-68-43-26-13-27-44-68)78(75)97-52-65-37-20-10-21-38-65)104-74-70(57-92-60(2)86)101-82(90-46-29-6-4-5-28-45-72-88-47-30-48-89-72)79(98-53-66-39-22-11-23-40-66)77(74)96-51-64-35-18-9-19-36-64/h7-27,31-44,69-84H,4-6,28-30,45-58H2,1-3H3/t69-,70-,71-,73+,74+,75+,76+,77+,78+,79-,80-,81-,82+,83-,84-/m1/s1. The van der Waals surface area contributed by atoms with E-state index in [4.69, 9.17) is 85.3 Å². The number of carbonyl (C=O) groups is 3. The normalized spacial score (nSPS) is 25.6. The zero-order valence-corrected chi connectivity index (χ0v) is 60.2. The number of unbranched alkanes of at least 4 members (excludes halogenated alkanes) is 4. The van der Waals surface area contributed by atoms with E-state index >= 15 is 0 Å². The van der Waals surface area contributed by atoms with E-state index < -0.39 is 117 Å². The van der Waals surface area contributed by atoms with Crippen LogP contribution in [-0.4, -0.2) is 156 Å². The van der Waals surface area contributed by atoms with Crippen LogP contribution in [0.5, 0.6) is 0 Å². The van der Waals surface area contributed by atoms with Crippen molar-refractivity contribution in [1.82, 2.24) is 0 Å². The van der Waals surface area contributed by atoms with Gasteiger partial charge in [0, 0.05) is 27.4 Å². The smallest absolute Gasteiger partial charge is 0.302 e. The average Bonchev–Trinajstić information content (AvgIpc) is 0.768.